The molecule has 2 unspecified atom stereocenters. The topological polar surface area (TPSA) is 23.6 Å². The number of rotatable bonds is 14. The number of nitrogens with zero attached hydrogens (tertiary/aromatic N) is 2. The molecule has 2 atom stereocenters. The first-order valence-corrected chi connectivity index (χ1v) is 15.8. The van der Waals surface area contributed by atoms with Crippen molar-refractivity contribution in [3.63, 3.8) is 0 Å². The molecule has 1 amide bonds. The zero-order valence-corrected chi connectivity index (χ0v) is 24.3. The van der Waals surface area contributed by atoms with Crippen LogP contribution in [0.3, 0.4) is 0 Å². The van der Waals surface area contributed by atoms with Gasteiger partial charge in [0, 0.05) is 25.7 Å². The van der Waals surface area contributed by atoms with E-state index in [1.54, 1.807) is 16.7 Å². The largest absolute Gasteiger partial charge is 0.342 e. The van der Waals surface area contributed by atoms with Gasteiger partial charge < -0.3 is 4.90 Å². The van der Waals surface area contributed by atoms with Crippen LogP contribution in [0.15, 0.2) is 42.5 Å². The SMILES string of the molecule is CCCCN(CCCC)C(=O)CN1CC(c2ccc(C3CC3)c(C)c2)CC1CCc1ccccc1C1CC1. The first-order chi connectivity index (χ1) is 18.6. The Morgan fingerprint density at radius 3 is 2.24 bits per heavy atom. The predicted molar refractivity (Wildman–Crippen MR) is 159 cm³/mol. The molecular formula is C35H50N2O. The average Bonchev–Trinajstić information content (AvgIpc) is 3.86. The van der Waals surface area contributed by atoms with Crippen molar-refractivity contribution in [2.45, 2.75) is 115 Å². The van der Waals surface area contributed by atoms with Crippen LogP contribution in [0.1, 0.15) is 124 Å². The first-order valence-electron chi connectivity index (χ1n) is 15.8. The fraction of sp³-hybridized carbons (Fsp3) is 0.629. The Bertz CT molecular complexity index is 1060. The Morgan fingerprint density at radius 2 is 1.58 bits per heavy atom. The van der Waals surface area contributed by atoms with E-state index < -0.39 is 0 Å². The smallest absolute Gasteiger partial charge is 0.236 e. The second kappa shape index (κ2) is 12.8. The molecular weight excluding hydrogens is 464 g/mol. The molecule has 3 heteroatoms. The Labute approximate surface area is 232 Å². The zero-order chi connectivity index (χ0) is 26.5. The van der Waals surface area contributed by atoms with Gasteiger partial charge in [0.25, 0.3) is 0 Å². The summed E-state index contributed by atoms with van der Waals surface area (Å²) in [5.74, 6) is 2.46. The lowest BCUT2D eigenvalue weighted by atomic mass is 9.90. The van der Waals surface area contributed by atoms with Gasteiger partial charge in [-0.15, -0.1) is 0 Å². The molecule has 1 heterocycles. The molecule has 38 heavy (non-hydrogen) atoms. The molecule has 0 bridgehead atoms. The lowest BCUT2D eigenvalue weighted by Gasteiger charge is -2.29. The predicted octanol–water partition coefficient (Wildman–Crippen LogP) is 7.97. The molecule has 2 aliphatic carbocycles. The minimum atomic E-state index is 0.344. The lowest BCUT2D eigenvalue weighted by Crippen LogP contribution is -2.43. The van der Waals surface area contributed by atoms with Crippen molar-refractivity contribution in [3.05, 3.63) is 70.3 Å². The number of hydrogen-bond acceptors (Lipinski definition) is 2. The highest BCUT2D eigenvalue weighted by molar-refractivity contribution is 5.78. The van der Waals surface area contributed by atoms with Crippen molar-refractivity contribution in [2.24, 2.45) is 0 Å². The van der Waals surface area contributed by atoms with Gasteiger partial charge in [-0.25, -0.2) is 0 Å². The van der Waals surface area contributed by atoms with Gasteiger partial charge in [-0.3, -0.25) is 9.69 Å². The fourth-order valence-corrected chi connectivity index (χ4v) is 6.73. The van der Waals surface area contributed by atoms with Crippen LogP contribution in [0.2, 0.25) is 0 Å². The molecule has 0 N–H and O–H groups in total. The zero-order valence-electron chi connectivity index (χ0n) is 24.3. The molecule has 206 valence electrons. The van der Waals surface area contributed by atoms with Crippen molar-refractivity contribution in [2.75, 3.05) is 26.2 Å². The monoisotopic (exact) mass is 514 g/mol. The van der Waals surface area contributed by atoms with Crippen LogP contribution in [-0.4, -0.2) is 47.9 Å². The van der Waals surface area contributed by atoms with Crippen LogP contribution in [0.5, 0.6) is 0 Å². The molecule has 3 nitrogen and oxygen atoms in total. The van der Waals surface area contributed by atoms with E-state index in [9.17, 15) is 4.79 Å². The van der Waals surface area contributed by atoms with E-state index in [2.05, 4.69) is 73.0 Å². The molecule has 2 saturated carbocycles. The van der Waals surface area contributed by atoms with Crippen molar-refractivity contribution in [1.29, 1.82) is 0 Å². The van der Waals surface area contributed by atoms with Gasteiger partial charge in [0.2, 0.25) is 5.91 Å². The van der Waals surface area contributed by atoms with Crippen molar-refractivity contribution in [1.82, 2.24) is 9.80 Å². The van der Waals surface area contributed by atoms with E-state index in [0.717, 1.165) is 70.0 Å². The van der Waals surface area contributed by atoms with Gasteiger partial charge in [0.15, 0.2) is 0 Å². The highest BCUT2D eigenvalue weighted by Gasteiger charge is 2.35. The molecule has 0 aromatic heterocycles. The van der Waals surface area contributed by atoms with Crippen LogP contribution in [0.25, 0.3) is 0 Å². The van der Waals surface area contributed by atoms with Gasteiger partial charge in [-0.05, 0) is 110 Å². The average molecular weight is 515 g/mol. The Hall–Kier alpha value is -2.13. The summed E-state index contributed by atoms with van der Waals surface area (Å²) in [6, 6.07) is 16.9. The Kier molecular flexibility index (Phi) is 9.25. The molecule has 3 fully saturated rings. The third-order valence-electron chi connectivity index (χ3n) is 9.38. The summed E-state index contributed by atoms with van der Waals surface area (Å²) in [5, 5.41) is 0. The quantitative estimate of drug-likeness (QED) is 0.255. The fourth-order valence-electron chi connectivity index (χ4n) is 6.73. The summed E-state index contributed by atoms with van der Waals surface area (Å²) in [4.78, 5) is 18.3. The van der Waals surface area contributed by atoms with Crippen LogP contribution in [0, 0.1) is 6.92 Å². The summed E-state index contributed by atoms with van der Waals surface area (Å²) in [7, 11) is 0. The third kappa shape index (κ3) is 6.89. The molecule has 1 saturated heterocycles. The standard InChI is InChI=1S/C35H50N2O/c1-4-6-20-36(21-7-5-2)35(38)25-37-24-31(30-17-19-33(26(3)22-30)28-12-13-28)23-32(37)18-16-27-10-8-9-11-34(27)29-14-15-29/h8-11,17,19,22,28-29,31-32H,4-7,12-16,18,20-21,23-25H2,1-3H3. The molecule has 1 aliphatic heterocycles. The summed E-state index contributed by atoms with van der Waals surface area (Å²) >= 11 is 0. The maximum atomic E-state index is 13.6. The van der Waals surface area contributed by atoms with Gasteiger partial charge >= 0.3 is 0 Å². The van der Waals surface area contributed by atoms with E-state index in [4.69, 9.17) is 0 Å². The van der Waals surface area contributed by atoms with E-state index in [-0.39, 0.29) is 0 Å². The van der Waals surface area contributed by atoms with Crippen molar-refractivity contribution >= 4 is 5.91 Å². The number of amides is 1. The van der Waals surface area contributed by atoms with Gasteiger partial charge in [-0.2, -0.15) is 0 Å². The number of benzene rings is 2. The molecule has 5 rings (SSSR count). The number of carbonyl (C=O) groups is 1. The summed E-state index contributed by atoms with van der Waals surface area (Å²) < 4.78 is 0. The van der Waals surface area contributed by atoms with Crippen molar-refractivity contribution in [3.8, 4) is 0 Å². The molecule has 0 spiro atoms. The van der Waals surface area contributed by atoms with E-state index in [1.165, 1.54) is 43.2 Å². The van der Waals surface area contributed by atoms with Crippen LogP contribution < -0.4 is 0 Å². The first kappa shape index (κ1) is 27.4. The van der Waals surface area contributed by atoms with Crippen molar-refractivity contribution < 1.29 is 4.79 Å². The van der Waals surface area contributed by atoms with Gasteiger partial charge in [-0.1, -0.05) is 69.2 Å². The van der Waals surface area contributed by atoms with Gasteiger partial charge in [0.05, 0.1) is 6.54 Å². The molecule has 0 radical (unpaired) electrons. The summed E-state index contributed by atoms with van der Waals surface area (Å²) in [5.41, 5.74) is 7.65. The van der Waals surface area contributed by atoms with Gasteiger partial charge in [0.1, 0.15) is 0 Å². The highest BCUT2D eigenvalue weighted by atomic mass is 16.2. The number of likely N-dealkylation sites (tertiary alicyclic amines) is 1. The summed E-state index contributed by atoms with van der Waals surface area (Å²) in [6.45, 7) is 10.2. The minimum Gasteiger partial charge on any atom is -0.342 e. The second-order valence-corrected chi connectivity index (χ2v) is 12.5. The number of unbranched alkanes of at least 4 members (excludes halogenated alkanes) is 2. The number of aryl methyl sites for hydroxylation is 2. The minimum absolute atomic E-state index is 0.344. The van der Waals surface area contributed by atoms with Crippen LogP contribution in [-0.2, 0) is 11.2 Å². The molecule has 2 aromatic carbocycles. The van der Waals surface area contributed by atoms with E-state index >= 15 is 0 Å². The lowest BCUT2D eigenvalue weighted by molar-refractivity contribution is -0.132. The maximum Gasteiger partial charge on any atom is 0.236 e. The van der Waals surface area contributed by atoms with Crippen LogP contribution >= 0.6 is 0 Å². The third-order valence-corrected chi connectivity index (χ3v) is 9.38. The Balaban J connectivity index is 1.30. The normalized spacial score (nSPS) is 21.7. The number of carbonyl (C=O) groups excluding carboxylic acids is 1. The molecule has 2 aromatic rings. The molecule has 3 aliphatic rings. The van der Waals surface area contributed by atoms with E-state index in [1.807, 2.05) is 0 Å². The second-order valence-electron chi connectivity index (χ2n) is 12.5. The van der Waals surface area contributed by atoms with E-state index in [0.29, 0.717) is 24.4 Å². The highest BCUT2D eigenvalue weighted by Crippen LogP contribution is 2.44. The Morgan fingerprint density at radius 1 is 0.895 bits per heavy atom. The number of hydrogen-bond donors (Lipinski definition) is 0. The van der Waals surface area contributed by atoms with Crippen LogP contribution in [0.4, 0.5) is 0 Å². The summed E-state index contributed by atoms with van der Waals surface area (Å²) in [6.07, 6.45) is 13.4. The maximum absolute atomic E-state index is 13.6.